The number of aromatic carboxylic acids is 1. The van der Waals surface area contributed by atoms with E-state index in [0.29, 0.717) is 17.9 Å². The van der Waals surface area contributed by atoms with Gasteiger partial charge in [-0.2, -0.15) is 11.3 Å². The molecule has 2 N–H and O–H groups in total. The fourth-order valence-electron chi connectivity index (χ4n) is 1.82. The van der Waals surface area contributed by atoms with Crippen molar-refractivity contribution < 1.29 is 24.2 Å². The first-order valence-corrected chi connectivity index (χ1v) is 7.24. The van der Waals surface area contributed by atoms with Gasteiger partial charge in [0.05, 0.1) is 5.56 Å². The van der Waals surface area contributed by atoms with Crippen LogP contribution in [0.25, 0.3) is 11.5 Å². The van der Waals surface area contributed by atoms with Gasteiger partial charge >= 0.3 is 5.97 Å². The second-order valence-corrected chi connectivity index (χ2v) is 5.22. The number of nitrogens with zero attached hydrogens (tertiary/aromatic N) is 1. The summed E-state index contributed by atoms with van der Waals surface area (Å²) < 4.78 is 10.6. The Balaban J connectivity index is 1.77. The minimum absolute atomic E-state index is 0.0410. The number of aromatic nitrogens is 1. The summed E-state index contributed by atoms with van der Waals surface area (Å²) in [6, 6.07) is 6.62. The number of hydrogen-bond donors (Lipinski definition) is 2. The van der Waals surface area contributed by atoms with E-state index in [4.69, 9.17) is 14.3 Å². The number of rotatable bonds is 5. The molecule has 0 unspecified atom stereocenters. The molecule has 3 aromatic rings. The number of oxazole rings is 1. The molecular formula is C15H11NO5S. The lowest BCUT2D eigenvalue weighted by Gasteiger charge is -2.07. The van der Waals surface area contributed by atoms with Gasteiger partial charge in [-0.25, -0.2) is 9.78 Å². The van der Waals surface area contributed by atoms with Crippen LogP contribution >= 0.6 is 11.3 Å². The number of thiophene rings is 1. The molecule has 0 saturated heterocycles. The summed E-state index contributed by atoms with van der Waals surface area (Å²) in [4.78, 5) is 14.6. The highest BCUT2D eigenvalue weighted by Crippen LogP contribution is 2.32. The number of phenolic OH excluding ortho intramolecular Hbond substituents is 1. The van der Waals surface area contributed by atoms with Crippen molar-refractivity contribution in [3.05, 3.63) is 52.5 Å². The summed E-state index contributed by atoms with van der Waals surface area (Å²) in [6.45, 7) is 0.407. The van der Waals surface area contributed by atoms with Crippen molar-refractivity contribution in [1.82, 2.24) is 4.98 Å². The predicted octanol–water partition coefficient (Wildman–Crippen LogP) is 3.39. The summed E-state index contributed by atoms with van der Waals surface area (Å²) in [5.41, 5.74) is 1.13. The van der Waals surface area contributed by atoms with Crippen LogP contribution in [0.2, 0.25) is 0 Å². The van der Waals surface area contributed by atoms with Gasteiger partial charge in [0.1, 0.15) is 24.4 Å². The van der Waals surface area contributed by atoms with E-state index in [9.17, 15) is 9.90 Å². The first kappa shape index (κ1) is 14.2. The highest BCUT2D eigenvalue weighted by atomic mass is 32.1. The third-order valence-corrected chi connectivity index (χ3v) is 3.64. The Morgan fingerprint density at radius 3 is 2.86 bits per heavy atom. The van der Waals surface area contributed by atoms with Crippen LogP contribution in [0.3, 0.4) is 0 Å². The molecule has 1 aromatic carbocycles. The maximum Gasteiger partial charge on any atom is 0.357 e. The lowest BCUT2D eigenvalue weighted by Crippen LogP contribution is -1.96. The molecule has 0 aliphatic carbocycles. The molecule has 0 bridgehead atoms. The van der Waals surface area contributed by atoms with E-state index >= 15 is 0 Å². The molecule has 112 valence electrons. The van der Waals surface area contributed by atoms with Crippen LogP contribution in [0, 0.1) is 0 Å². The van der Waals surface area contributed by atoms with E-state index in [2.05, 4.69) is 4.98 Å². The van der Waals surface area contributed by atoms with Gasteiger partial charge in [-0.05, 0) is 34.5 Å². The molecule has 6 nitrogen and oxygen atoms in total. The fraction of sp³-hybridized carbons (Fsp3) is 0.0667. The van der Waals surface area contributed by atoms with Gasteiger partial charge in [0.2, 0.25) is 5.89 Å². The molecular weight excluding hydrogens is 306 g/mol. The van der Waals surface area contributed by atoms with E-state index in [1.54, 1.807) is 23.5 Å². The Labute approximate surface area is 129 Å². The van der Waals surface area contributed by atoms with Crippen LogP contribution in [0.15, 0.2) is 45.7 Å². The number of phenols is 1. The zero-order valence-corrected chi connectivity index (χ0v) is 12.0. The lowest BCUT2D eigenvalue weighted by atomic mass is 10.2. The molecule has 2 aromatic heterocycles. The minimum Gasteiger partial charge on any atom is -0.507 e. The average Bonchev–Trinajstić information content (AvgIpc) is 3.17. The molecule has 0 radical (unpaired) electrons. The maximum atomic E-state index is 10.8. The van der Waals surface area contributed by atoms with Crippen molar-refractivity contribution in [3.8, 4) is 23.0 Å². The van der Waals surface area contributed by atoms with Gasteiger partial charge in [0, 0.05) is 6.07 Å². The van der Waals surface area contributed by atoms with Gasteiger partial charge in [-0.3, -0.25) is 0 Å². The first-order chi connectivity index (χ1) is 10.6. The van der Waals surface area contributed by atoms with Crippen LogP contribution in [0.4, 0.5) is 0 Å². The zero-order valence-electron chi connectivity index (χ0n) is 11.2. The Bertz CT molecular complexity index is 794. The van der Waals surface area contributed by atoms with Crippen molar-refractivity contribution in [2.75, 3.05) is 0 Å². The molecule has 0 fully saturated rings. The molecule has 3 rings (SSSR count). The number of hydrogen-bond acceptors (Lipinski definition) is 6. The van der Waals surface area contributed by atoms with Crippen LogP contribution in [-0.2, 0) is 6.61 Å². The fourth-order valence-corrected chi connectivity index (χ4v) is 2.47. The standard InChI is InChI=1S/C15H11NO5S/c17-13-5-10(20-6-9-3-4-22-8-9)1-2-11(13)14-16-12(7-21-14)15(18)19/h1-5,7-8,17H,6H2,(H,18,19). The second kappa shape index (κ2) is 5.90. The lowest BCUT2D eigenvalue weighted by molar-refractivity contribution is 0.0690. The predicted molar refractivity (Wildman–Crippen MR) is 79.2 cm³/mol. The molecule has 0 aliphatic rings. The SMILES string of the molecule is O=C(O)c1coc(-c2ccc(OCc3ccsc3)cc2O)n1. The second-order valence-electron chi connectivity index (χ2n) is 4.44. The number of carboxylic acids is 1. The Kier molecular flexibility index (Phi) is 3.80. The first-order valence-electron chi connectivity index (χ1n) is 6.29. The molecule has 0 atom stereocenters. The number of carbonyl (C=O) groups is 1. The highest BCUT2D eigenvalue weighted by Gasteiger charge is 2.15. The molecule has 7 heteroatoms. The smallest absolute Gasteiger partial charge is 0.357 e. The number of ether oxygens (including phenoxy) is 1. The highest BCUT2D eigenvalue weighted by molar-refractivity contribution is 7.07. The molecule has 2 heterocycles. The average molecular weight is 317 g/mol. The summed E-state index contributed by atoms with van der Waals surface area (Å²) >= 11 is 1.58. The molecule has 0 saturated carbocycles. The Morgan fingerprint density at radius 2 is 2.23 bits per heavy atom. The van der Waals surface area contributed by atoms with Crippen molar-refractivity contribution in [2.24, 2.45) is 0 Å². The number of benzene rings is 1. The normalized spacial score (nSPS) is 10.5. The van der Waals surface area contributed by atoms with Gasteiger partial charge in [0.15, 0.2) is 5.69 Å². The summed E-state index contributed by atoms with van der Waals surface area (Å²) in [5, 5.41) is 22.8. The quantitative estimate of drug-likeness (QED) is 0.749. The third kappa shape index (κ3) is 2.94. The van der Waals surface area contributed by atoms with Crippen molar-refractivity contribution in [3.63, 3.8) is 0 Å². The Hall–Kier alpha value is -2.80. The van der Waals surface area contributed by atoms with Gasteiger partial charge < -0.3 is 19.4 Å². The van der Waals surface area contributed by atoms with E-state index in [-0.39, 0.29) is 17.3 Å². The van der Waals surface area contributed by atoms with E-state index < -0.39 is 5.97 Å². The van der Waals surface area contributed by atoms with Crippen molar-refractivity contribution in [2.45, 2.75) is 6.61 Å². The molecule has 0 amide bonds. The summed E-state index contributed by atoms with van der Waals surface area (Å²) in [7, 11) is 0. The molecule has 22 heavy (non-hydrogen) atoms. The zero-order chi connectivity index (χ0) is 15.5. The van der Waals surface area contributed by atoms with E-state index in [1.165, 1.54) is 6.07 Å². The Morgan fingerprint density at radius 1 is 1.36 bits per heavy atom. The van der Waals surface area contributed by atoms with E-state index in [1.807, 2.05) is 16.8 Å². The van der Waals surface area contributed by atoms with Crippen LogP contribution in [0.1, 0.15) is 16.1 Å². The topological polar surface area (TPSA) is 92.8 Å². The van der Waals surface area contributed by atoms with Crippen molar-refractivity contribution >= 4 is 17.3 Å². The van der Waals surface area contributed by atoms with Gasteiger partial charge in [-0.15, -0.1) is 0 Å². The summed E-state index contributed by atoms with van der Waals surface area (Å²) in [6.07, 6.45) is 1.03. The minimum atomic E-state index is -1.19. The monoisotopic (exact) mass is 317 g/mol. The van der Waals surface area contributed by atoms with Crippen molar-refractivity contribution in [1.29, 1.82) is 0 Å². The largest absolute Gasteiger partial charge is 0.507 e. The molecule has 0 spiro atoms. The van der Waals surface area contributed by atoms with Crippen LogP contribution in [0.5, 0.6) is 11.5 Å². The van der Waals surface area contributed by atoms with Gasteiger partial charge in [-0.1, -0.05) is 0 Å². The molecule has 0 aliphatic heterocycles. The third-order valence-electron chi connectivity index (χ3n) is 2.91. The van der Waals surface area contributed by atoms with E-state index in [0.717, 1.165) is 11.8 Å². The van der Waals surface area contributed by atoms with Crippen LogP contribution in [-0.4, -0.2) is 21.2 Å². The van der Waals surface area contributed by atoms with Gasteiger partial charge in [0.25, 0.3) is 0 Å². The number of carboxylic acid groups (broad SMARTS) is 1. The van der Waals surface area contributed by atoms with Crippen LogP contribution < -0.4 is 4.74 Å². The summed E-state index contributed by atoms with van der Waals surface area (Å²) in [5.74, 6) is -0.747. The maximum absolute atomic E-state index is 10.8. The number of aromatic hydroxyl groups is 1.